The molecule has 0 saturated carbocycles. The van der Waals surface area contributed by atoms with Gasteiger partial charge in [0.1, 0.15) is 11.1 Å². The molecule has 3 aromatic rings. The third kappa shape index (κ3) is 3.63. The summed E-state index contributed by atoms with van der Waals surface area (Å²) in [4.78, 5) is 37.1. The molecule has 0 bridgehead atoms. The maximum Gasteiger partial charge on any atom is 0.351 e. The minimum Gasteiger partial charge on any atom is -0.461 e. The summed E-state index contributed by atoms with van der Waals surface area (Å²) in [5.41, 5.74) is 2.59. The summed E-state index contributed by atoms with van der Waals surface area (Å²) < 4.78 is 10.6. The summed E-state index contributed by atoms with van der Waals surface area (Å²) in [5.74, 6) is -1.43. The predicted molar refractivity (Wildman–Crippen MR) is 109 cm³/mol. The van der Waals surface area contributed by atoms with Gasteiger partial charge in [0.25, 0.3) is 0 Å². The van der Waals surface area contributed by atoms with E-state index in [0.717, 1.165) is 16.7 Å². The van der Waals surface area contributed by atoms with Crippen LogP contribution in [-0.2, 0) is 9.53 Å². The zero-order valence-electron chi connectivity index (χ0n) is 16.2. The SMILES string of the molecule is Cc1ccc(C2C(=O)C=CC2COC(=O)c2cc3ccccc3oc2=O)c(C)c1. The van der Waals surface area contributed by atoms with Crippen LogP contribution >= 0.6 is 0 Å². The number of allylic oxidation sites excluding steroid dienone is 1. The molecule has 146 valence electrons. The monoisotopic (exact) mass is 388 g/mol. The van der Waals surface area contributed by atoms with E-state index in [1.807, 2.05) is 32.0 Å². The molecule has 4 rings (SSSR count). The van der Waals surface area contributed by atoms with Gasteiger partial charge in [-0.1, -0.05) is 48.0 Å². The molecule has 5 nitrogen and oxygen atoms in total. The van der Waals surface area contributed by atoms with Crippen LogP contribution in [0, 0.1) is 19.8 Å². The number of benzene rings is 2. The predicted octanol–water partition coefficient (Wildman–Crippen LogP) is 4.11. The minimum absolute atomic E-state index is 0.00528. The minimum atomic E-state index is -0.753. The van der Waals surface area contributed by atoms with Gasteiger partial charge in [-0.3, -0.25) is 4.79 Å². The molecule has 1 heterocycles. The highest BCUT2D eigenvalue weighted by Gasteiger charge is 2.33. The second-order valence-corrected chi connectivity index (χ2v) is 7.35. The van der Waals surface area contributed by atoms with Gasteiger partial charge in [-0.2, -0.15) is 0 Å². The van der Waals surface area contributed by atoms with E-state index in [0.29, 0.717) is 11.0 Å². The van der Waals surface area contributed by atoms with Gasteiger partial charge in [0.15, 0.2) is 5.78 Å². The van der Waals surface area contributed by atoms with E-state index in [-0.39, 0.29) is 23.9 Å². The first-order valence-electron chi connectivity index (χ1n) is 9.43. The van der Waals surface area contributed by atoms with Crippen molar-refractivity contribution >= 4 is 22.7 Å². The Morgan fingerprint density at radius 2 is 1.86 bits per heavy atom. The molecule has 5 heteroatoms. The number of fused-ring (bicyclic) bond motifs is 1. The van der Waals surface area contributed by atoms with E-state index in [4.69, 9.17) is 9.15 Å². The maximum absolute atomic E-state index is 12.5. The standard InChI is InChI=1S/C24H20O5/c1-14-7-9-18(15(2)11-14)22-17(8-10-20(22)25)13-28-23(26)19-12-16-5-3-4-6-21(16)29-24(19)27/h3-12,17,22H,13H2,1-2H3. The van der Waals surface area contributed by atoms with Crippen LogP contribution in [0.4, 0.5) is 0 Å². The van der Waals surface area contributed by atoms with E-state index in [1.54, 1.807) is 30.3 Å². The van der Waals surface area contributed by atoms with Crippen molar-refractivity contribution in [2.24, 2.45) is 5.92 Å². The molecule has 1 aromatic heterocycles. The maximum atomic E-state index is 12.5. The topological polar surface area (TPSA) is 73.6 Å². The Balaban J connectivity index is 1.54. The van der Waals surface area contributed by atoms with Crippen LogP contribution in [0.1, 0.15) is 33.0 Å². The molecule has 1 aliphatic carbocycles. The normalized spacial score (nSPS) is 18.3. The van der Waals surface area contributed by atoms with Gasteiger partial charge in [0.05, 0.1) is 12.5 Å². The Morgan fingerprint density at radius 3 is 2.66 bits per heavy atom. The van der Waals surface area contributed by atoms with Gasteiger partial charge in [0, 0.05) is 11.3 Å². The van der Waals surface area contributed by atoms with Gasteiger partial charge >= 0.3 is 11.6 Å². The van der Waals surface area contributed by atoms with Crippen LogP contribution in [0.2, 0.25) is 0 Å². The summed E-state index contributed by atoms with van der Waals surface area (Å²) >= 11 is 0. The molecule has 2 unspecified atom stereocenters. The van der Waals surface area contributed by atoms with E-state index in [1.165, 1.54) is 12.1 Å². The zero-order chi connectivity index (χ0) is 20.5. The first-order chi connectivity index (χ1) is 13.9. The number of hydrogen-bond acceptors (Lipinski definition) is 5. The van der Waals surface area contributed by atoms with Crippen LogP contribution in [-0.4, -0.2) is 18.4 Å². The van der Waals surface area contributed by atoms with Crippen molar-refractivity contribution in [1.29, 1.82) is 0 Å². The van der Waals surface area contributed by atoms with E-state index in [2.05, 4.69) is 0 Å². The largest absolute Gasteiger partial charge is 0.461 e. The number of para-hydroxylation sites is 1. The van der Waals surface area contributed by atoms with Crippen LogP contribution in [0.5, 0.6) is 0 Å². The summed E-state index contributed by atoms with van der Waals surface area (Å²) in [5, 5.41) is 0.642. The number of carbonyl (C=O) groups excluding carboxylic acids is 2. The van der Waals surface area contributed by atoms with Crippen molar-refractivity contribution in [2.45, 2.75) is 19.8 Å². The molecule has 0 radical (unpaired) electrons. The highest BCUT2D eigenvalue weighted by atomic mass is 16.5. The summed E-state index contributed by atoms with van der Waals surface area (Å²) in [7, 11) is 0. The van der Waals surface area contributed by atoms with Crippen molar-refractivity contribution < 1.29 is 18.7 Å². The molecule has 0 fully saturated rings. The molecule has 2 aromatic carbocycles. The Morgan fingerprint density at radius 1 is 1.07 bits per heavy atom. The zero-order valence-corrected chi connectivity index (χ0v) is 16.2. The van der Waals surface area contributed by atoms with E-state index < -0.39 is 17.5 Å². The van der Waals surface area contributed by atoms with Gasteiger partial charge in [-0.05, 0) is 43.2 Å². The highest BCUT2D eigenvalue weighted by molar-refractivity contribution is 5.98. The van der Waals surface area contributed by atoms with Crippen LogP contribution < -0.4 is 5.63 Å². The Bertz CT molecular complexity index is 1200. The first-order valence-corrected chi connectivity index (χ1v) is 9.43. The van der Waals surface area contributed by atoms with Crippen LogP contribution in [0.3, 0.4) is 0 Å². The van der Waals surface area contributed by atoms with Crippen molar-refractivity contribution in [3.05, 3.63) is 93.4 Å². The van der Waals surface area contributed by atoms with Gasteiger partial charge < -0.3 is 9.15 Å². The number of hydrogen-bond donors (Lipinski definition) is 0. The third-order valence-electron chi connectivity index (χ3n) is 5.27. The lowest BCUT2D eigenvalue weighted by Crippen LogP contribution is -2.23. The summed E-state index contributed by atoms with van der Waals surface area (Å²) in [6.07, 6.45) is 3.30. The van der Waals surface area contributed by atoms with Crippen LogP contribution in [0.25, 0.3) is 11.0 Å². The smallest absolute Gasteiger partial charge is 0.351 e. The quantitative estimate of drug-likeness (QED) is 0.497. The Kier molecular flexibility index (Phi) is 4.89. The number of ketones is 1. The highest BCUT2D eigenvalue weighted by Crippen LogP contribution is 2.34. The van der Waals surface area contributed by atoms with Gasteiger partial charge in [0.2, 0.25) is 0 Å². The second-order valence-electron chi connectivity index (χ2n) is 7.35. The van der Waals surface area contributed by atoms with Gasteiger partial charge in [-0.15, -0.1) is 0 Å². The average Bonchev–Trinajstić information content (AvgIpc) is 3.06. The van der Waals surface area contributed by atoms with E-state index in [9.17, 15) is 14.4 Å². The number of rotatable bonds is 4. The average molecular weight is 388 g/mol. The van der Waals surface area contributed by atoms with Crippen molar-refractivity contribution in [2.75, 3.05) is 6.61 Å². The molecule has 0 spiro atoms. The Labute approximate surface area is 167 Å². The first kappa shape index (κ1) is 18.9. The van der Waals surface area contributed by atoms with Crippen molar-refractivity contribution in [3.8, 4) is 0 Å². The Hall–Kier alpha value is -3.47. The molecule has 0 saturated heterocycles. The summed E-state index contributed by atoms with van der Waals surface area (Å²) in [6.45, 7) is 3.97. The van der Waals surface area contributed by atoms with Crippen molar-refractivity contribution in [1.82, 2.24) is 0 Å². The molecule has 0 N–H and O–H groups in total. The fourth-order valence-electron chi connectivity index (χ4n) is 3.81. The molecule has 1 aliphatic rings. The lowest BCUT2D eigenvalue weighted by molar-refractivity contribution is -0.116. The molecular weight excluding hydrogens is 368 g/mol. The third-order valence-corrected chi connectivity index (χ3v) is 5.27. The van der Waals surface area contributed by atoms with Crippen LogP contribution in [0.15, 0.2) is 69.9 Å². The number of ether oxygens (including phenoxy) is 1. The number of aryl methyl sites for hydroxylation is 2. The lowest BCUT2D eigenvalue weighted by Gasteiger charge is -2.20. The number of carbonyl (C=O) groups is 2. The fraction of sp³-hybridized carbons (Fsp3) is 0.208. The lowest BCUT2D eigenvalue weighted by atomic mass is 9.85. The molecule has 0 aliphatic heterocycles. The van der Waals surface area contributed by atoms with Crippen molar-refractivity contribution in [3.63, 3.8) is 0 Å². The molecule has 0 amide bonds. The summed E-state index contributed by atoms with van der Waals surface area (Å²) in [6, 6.07) is 14.4. The molecule has 29 heavy (non-hydrogen) atoms. The fourth-order valence-corrected chi connectivity index (χ4v) is 3.81. The molecular formula is C24H20O5. The molecule has 2 atom stereocenters. The number of esters is 1. The second kappa shape index (κ2) is 7.51. The van der Waals surface area contributed by atoms with E-state index >= 15 is 0 Å². The van der Waals surface area contributed by atoms with Gasteiger partial charge in [-0.25, -0.2) is 9.59 Å².